The molecule has 1 amide bonds. The molecular formula is C43H45FN6O2Si. The Labute approximate surface area is 310 Å². The van der Waals surface area contributed by atoms with Crippen LogP contribution in [-0.4, -0.2) is 49.3 Å². The van der Waals surface area contributed by atoms with Crippen LogP contribution in [0.4, 0.5) is 4.39 Å². The summed E-state index contributed by atoms with van der Waals surface area (Å²) in [7, 11) is -2.46. The molecule has 0 aliphatic heterocycles. The summed E-state index contributed by atoms with van der Waals surface area (Å²) in [5, 5.41) is 11.2. The number of carbonyl (C=O) groups excluding carboxylic acids is 1. The molecule has 3 heterocycles. The standard InChI is InChI=1S/C43H45FN6O2Si/c1-41(2,24-25-42(3,4)53(5,6)52)47-40(51)34-28-50(39-38(34)46-36(27-45-39)37-33-23-22-32(44)26-35(33)48-49-37)43(29-16-10-7-11-17-29,30-18-12-8-13-19-30)31-20-14-9-15-21-31/h7-23,26-28,52H,24-25H2,1-6H3,(H,47,51)(H,48,49). The van der Waals surface area contributed by atoms with E-state index in [-0.39, 0.29) is 16.8 Å². The molecular weight excluding hydrogens is 680 g/mol. The largest absolute Gasteiger partial charge is 0.432 e. The van der Waals surface area contributed by atoms with Gasteiger partial charge >= 0.3 is 0 Å². The molecule has 0 atom stereocenters. The number of aromatic amines is 1. The van der Waals surface area contributed by atoms with Crippen LogP contribution in [0.3, 0.4) is 0 Å². The van der Waals surface area contributed by atoms with Crippen LogP contribution in [-0.2, 0) is 5.54 Å². The lowest BCUT2D eigenvalue weighted by Gasteiger charge is -2.38. The monoisotopic (exact) mass is 724 g/mol. The highest BCUT2D eigenvalue weighted by Crippen LogP contribution is 2.44. The van der Waals surface area contributed by atoms with Gasteiger partial charge < -0.3 is 14.7 Å². The molecule has 8 nitrogen and oxygen atoms in total. The number of carbonyl (C=O) groups is 1. The molecule has 270 valence electrons. The van der Waals surface area contributed by atoms with Crippen molar-refractivity contribution in [3.05, 3.63) is 150 Å². The Bertz CT molecular complexity index is 2300. The number of nitrogens with one attached hydrogen (secondary N) is 2. The number of aromatic nitrogens is 5. The molecule has 0 spiro atoms. The zero-order chi connectivity index (χ0) is 37.6. The van der Waals surface area contributed by atoms with Crippen LogP contribution in [0.25, 0.3) is 33.5 Å². The molecule has 3 aromatic heterocycles. The van der Waals surface area contributed by atoms with Crippen molar-refractivity contribution in [3.63, 3.8) is 0 Å². The van der Waals surface area contributed by atoms with Gasteiger partial charge in [0.15, 0.2) is 14.0 Å². The summed E-state index contributed by atoms with van der Waals surface area (Å²) in [5.41, 5.74) is 4.13. The van der Waals surface area contributed by atoms with E-state index in [1.807, 2.05) is 87.7 Å². The fraction of sp³-hybridized carbons (Fsp3) is 0.256. The number of hydrogen-bond donors (Lipinski definition) is 3. The predicted molar refractivity (Wildman–Crippen MR) is 212 cm³/mol. The molecule has 53 heavy (non-hydrogen) atoms. The minimum atomic E-state index is -2.46. The normalized spacial score (nSPS) is 12.8. The third-order valence-corrected chi connectivity index (χ3v) is 14.5. The van der Waals surface area contributed by atoms with Crippen LogP contribution in [0.1, 0.15) is 67.6 Å². The van der Waals surface area contributed by atoms with E-state index in [1.54, 1.807) is 12.3 Å². The van der Waals surface area contributed by atoms with Crippen LogP contribution in [0.5, 0.6) is 0 Å². The lowest BCUT2D eigenvalue weighted by atomic mass is 9.76. The fourth-order valence-corrected chi connectivity index (χ4v) is 7.77. The van der Waals surface area contributed by atoms with E-state index in [0.717, 1.165) is 23.1 Å². The number of benzene rings is 4. The highest BCUT2D eigenvalue weighted by atomic mass is 28.4. The molecule has 0 saturated heterocycles. The molecule has 7 aromatic rings. The number of nitrogens with zero attached hydrogens (tertiary/aromatic N) is 4. The maximum atomic E-state index is 14.7. The minimum absolute atomic E-state index is 0.249. The van der Waals surface area contributed by atoms with E-state index in [2.05, 4.69) is 70.3 Å². The molecule has 0 saturated carbocycles. The van der Waals surface area contributed by atoms with Crippen LogP contribution < -0.4 is 5.32 Å². The van der Waals surface area contributed by atoms with Crippen molar-refractivity contribution in [3.8, 4) is 11.4 Å². The van der Waals surface area contributed by atoms with E-state index in [1.165, 1.54) is 12.1 Å². The van der Waals surface area contributed by atoms with Crippen LogP contribution in [0, 0.1) is 5.82 Å². The molecule has 0 bridgehead atoms. The zero-order valence-corrected chi connectivity index (χ0v) is 32.0. The summed E-state index contributed by atoms with van der Waals surface area (Å²) in [6, 6.07) is 35.1. The third kappa shape index (κ3) is 6.57. The second kappa shape index (κ2) is 13.5. The smallest absolute Gasteiger partial charge is 0.255 e. The maximum Gasteiger partial charge on any atom is 0.255 e. The van der Waals surface area contributed by atoms with Crippen molar-refractivity contribution < 1.29 is 14.0 Å². The van der Waals surface area contributed by atoms with Gasteiger partial charge in [0.25, 0.3) is 5.91 Å². The average Bonchev–Trinajstić information content (AvgIpc) is 3.74. The SMILES string of the molecule is CC(C)(CCC(C)(C)[Si](C)(C)O)NC(=O)c1cn(C(c2ccccc2)(c2ccccc2)c2ccccc2)c2ncc(-c3n[nH]c4cc(F)ccc34)nc12. The second-order valence-corrected chi connectivity index (χ2v) is 20.2. The quantitative estimate of drug-likeness (QED) is 0.0911. The highest BCUT2D eigenvalue weighted by molar-refractivity contribution is 6.72. The van der Waals surface area contributed by atoms with Gasteiger partial charge in [0.2, 0.25) is 0 Å². The van der Waals surface area contributed by atoms with Crippen molar-refractivity contribution in [2.45, 2.75) is 69.7 Å². The second-order valence-electron chi connectivity index (χ2n) is 15.7. The minimum Gasteiger partial charge on any atom is -0.432 e. The van der Waals surface area contributed by atoms with E-state index < -0.39 is 19.4 Å². The first-order valence-electron chi connectivity index (χ1n) is 18.0. The summed E-state index contributed by atoms with van der Waals surface area (Å²) < 4.78 is 16.2. The first-order valence-corrected chi connectivity index (χ1v) is 20.9. The van der Waals surface area contributed by atoms with Gasteiger partial charge in [-0.2, -0.15) is 5.10 Å². The lowest BCUT2D eigenvalue weighted by Crippen LogP contribution is -2.46. The number of hydrogen-bond acceptors (Lipinski definition) is 5. The first kappa shape index (κ1) is 35.9. The Morgan fingerprint density at radius 1 is 0.849 bits per heavy atom. The fourth-order valence-electron chi connectivity index (χ4n) is 7.04. The molecule has 10 heteroatoms. The van der Waals surface area contributed by atoms with Crippen molar-refractivity contribution in [2.24, 2.45) is 0 Å². The van der Waals surface area contributed by atoms with E-state index in [9.17, 15) is 14.0 Å². The molecule has 0 aliphatic rings. The average molecular weight is 725 g/mol. The van der Waals surface area contributed by atoms with Gasteiger partial charge in [-0.15, -0.1) is 0 Å². The molecule has 3 N–H and O–H groups in total. The third-order valence-electron chi connectivity index (χ3n) is 10.9. The summed E-state index contributed by atoms with van der Waals surface area (Å²) >= 11 is 0. The van der Waals surface area contributed by atoms with Crippen LogP contribution >= 0.6 is 0 Å². The Morgan fingerprint density at radius 2 is 1.42 bits per heavy atom. The van der Waals surface area contributed by atoms with Gasteiger partial charge in [-0.3, -0.25) is 9.89 Å². The summed E-state index contributed by atoms with van der Waals surface area (Å²) in [6.07, 6.45) is 4.94. The molecule has 0 unspecified atom stereocenters. The summed E-state index contributed by atoms with van der Waals surface area (Å²) in [4.78, 5) is 35.9. The van der Waals surface area contributed by atoms with Gasteiger partial charge in [0.1, 0.15) is 28.3 Å². The number of H-pyrrole nitrogens is 1. The maximum absolute atomic E-state index is 14.7. The van der Waals surface area contributed by atoms with E-state index in [4.69, 9.17) is 9.97 Å². The van der Waals surface area contributed by atoms with Gasteiger partial charge in [0, 0.05) is 17.1 Å². The predicted octanol–water partition coefficient (Wildman–Crippen LogP) is 9.22. The van der Waals surface area contributed by atoms with Gasteiger partial charge in [0.05, 0.1) is 17.3 Å². The first-order chi connectivity index (χ1) is 25.2. The molecule has 0 fully saturated rings. The summed E-state index contributed by atoms with van der Waals surface area (Å²) in [5.74, 6) is -0.666. The van der Waals surface area contributed by atoms with Crippen molar-refractivity contribution in [1.29, 1.82) is 0 Å². The molecule has 4 aromatic carbocycles. The van der Waals surface area contributed by atoms with Gasteiger partial charge in [-0.25, -0.2) is 14.4 Å². The van der Waals surface area contributed by atoms with Crippen LogP contribution in [0.2, 0.25) is 18.1 Å². The Balaban J connectivity index is 1.46. The molecule has 0 aliphatic carbocycles. The van der Waals surface area contributed by atoms with Crippen molar-refractivity contribution in [2.75, 3.05) is 0 Å². The Morgan fingerprint density at radius 3 is 1.96 bits per heavy atom. The Hall–Kier alpha value is -5.45. The van der Waals surface area contributed by atoms with Gasteiger partial charge in [-0.05, 0) is 79.7 Å². The Kier molecular flexibility index (Phi) is 9.16. The number of fused-ring (bicyclic) bond motifs is 2. The van der Waals surface area contributed by atoms with Crippen LogP contribution in [0.15, 0.2) is 122 Å². The lowest BCUT2D eigenvalue weighted by molar-refractivity contribution is 0.0907. The van der Waals surface area contributed by atoms with E-state index >= 15 is 0 Å². The zero-order valence-electron chi connectivity index (χ0n) is 31.0. The van der Waals surface area contributed by atoms with Crippen molar-refractivity contribution >= 4 is 36.3 Å². The number of halogens is 1. The number of amides is 1. The topological polar surface area (TPSA) is 109 Å². The molecule has 7 rings (SSSR count). The van der Waals surface area contributed by atoms with Crippen molar-refractivity contribution in [1.82, 2.24) is 30.0 Å². The van der Waals surface area contributed by atoms with E-state index in [0.29, 0.717) is 45.4 Å². The van der Waals surface area contributed by atoms with Gasteiger partial charge in [-0.1, -0.05) is 105 Å². The highest BCUT2D eigenvalue weighted by Gasteiger charge is 2.42. The summed E-state index contributed by atoms with van der Waals surface area (Å²) in [6.45, 7) is 12.2. The molecule has 0 radical (unpaired) electrons. The number of rotatable bonds is 11.